The van der Waals surface area contributed by atoms with Crippen LogP contribution in [0.3, 0.4) is 0 Å². The molecule has 0 rings (SSSR count). The zero-order valence-corrected chi connectivity index (χ0v) is 20.2. The molecule has 11 nitrogen and oxygen atoms in total. The van der Waals surface area contributed by atoms with Gasteiger partial charge < -0.3 is 20.6 Å². The summed E-state index contributed by atoms with van der Waals surface area (Å²) in [4.78, 5) is 46.3. The third-order valence-corrected chi connectivity index (χ3v) is 6.88. The number of carbonyl (C=O) groups is 1. The molecule has 0 amide bonds. The summed E-state index contributed by atoms with van der Waals surface area (Å²) in [6.07, 6.45) is 8.68. The minimum atomic E-state index is -5.60. The molecule has 0 fully saturated rings. The summed E-state index contributed by atoms with van der Waals surface area (Å²) in [7, 11) is -16.4. The fourth-order valence-electron chi connectivity index (χ4n) is 2.05. The molecule has 0 aromatic rings. The van der Waals surface area contributed by atoms with Gasteiger partial charge in [-0.25, -0.2) is 13.7 Å². The summed E-state index contributed by atoms with van der Waals surface area (Å²) in [6.45, 7) is 2.14. The monoisotopic (exact) mass is 464 g/mol. The Morgan fingerprint density at radius 3 is 1.67 bits per heavy atom. The first-order valence-electron chi connectivity index (χ1n) is 8.23. The van der Waals surface area contributed by atoms with Gasteiger partial charge in [-0.05, 0) is 6.42 Å². The molecule has 0 aliphatic heterocycles. The van der Waals surface area contributed by atoms with E-state index in [-0.39, 0.29) is 37.4 Å². The maximum absolute atomic E-state index is 11.4. The molecule has 0 saturated carbocycles. The summed E-state index contributed by atoms with van der Waals surface area (Å²) < 4.78 is 44.0. The van der Waals surface area contributed by atoms with E-state index in [1.165, 1.54) is 25.7 Å². The van der Waals surface area contributed by atoms with Crippen LogP contribution in [0.15, 0.2) is 0 Å². The third kappa shape index (κ3) is 20.0. The molecule has 0 aliphatic rings. The first-order chi connectivity index (χ1) is 11.9. The van der Waals surface area contributed by atoms with E-state index in [9.17, 15) is 23.4 Å². The van der Waals surface area contributed by atoms with E-state index in [2.05, 4.69) is 20.1 Å². The minimum absolute atomic E-state index is 0. The van der Waals surface area contributed by atoms with Crippen molar-refractivity contribution in [3.05, 3.63) is 0 Å². The molecule has 0 saturated heterocycles. The van der Waals surface area contributed by atoms with Gasteiger partial charge in [0, 0.05) is 6.42 Å². The van der Waals surface area contributed by atoms with Crippen LogP contribution in [0.2, 0.25) is 0 Å². The topological polar surface area (TPSA) is 177 Å². The van der Waals surface area contributed by atoms with Crippen LogP contribution in [0.25, 0.3) is 0 Å². The average molecular weight is 464 g/mol. The Kier molecular flexibility index (Phi) is 16.5. The van der Waals surface area contributed by atoms with Crippen LogP contribution < -0.4 is 29.6 Å². The maximum Gasteiger partial charge on any atom is 1.00 e. The number of hydrogen-bond donors (Lipinski definition) is 4. The Morgan fingerprint density at radius 2 is 1.22 bits per heavy atom. The Hall–Kier alpha value is 0.920. The summed E-state index contributed by atoms with van der Waals surface area (Å²) in [6, 6.07) is 0. The van der Waals surface area contributed by atoms with Crippen molar-refractivity contribution in [3.63, 3.8) is 0 Å². The largest absolute Gasteiger partial charge is 1.00 e. The number of hydrogen-bond acceptors (Lipinski definition) is 7. The molecule has 0 bridgehead atoms. The molecule has 0 aromatic heterocycles. The van der Waals surface area contributed by atoms with E-state index in [4.69, 9.17) is 14.7 Å². The van der Waals surface area contributed by atoms with E-state index in [1.54, 1.807) is 0 Å². The molecule has 0 aromatic carbocycles. The van der Waals surface area contributed by atoms with Crippen LogP contribution in [0.4, 0.5) is 0 Å². The van der Waals surface area contributed by atoms with Crippen molar-refractivity contribution >= 4 is 29.4 Å². The van der Waals surface area contributed by atoms with Crippen LogP contribution in [-0.2, 0) is 31.6 Å². The summed E-state index contributed by atoms with van der Waals surface area (Å²) in [5.74, 6) is -1.14. The molecule has 2 atom stereocenters. The minimum Gasteiger partial charge on any atom is -1.00 e. The van der Waals surface area contributed by atoms with Gasteiger partial charge in [-0.3, -0.25) is 9.69 Å². The van der Waals surface area contributed by atoms with E-state index < -0.39 is 29.4 Å². The Morgan fingerprint density at radius 1 is 0.778 bits per heavy atom. The van der Waals surface area contributed by atoms with Crippen molar-refractivity contribution in [3.8, 4) is 0 Å². The number of carbonyl (C=O) groups excluding carboxylic acids is 1. The third-order valence-electron chi connectivity index (χ3n) is 3.12. The Balaban J connectivity index is -0.00000312. The molecule has 158 valence electrons. The SMILES string of the molecule is CCCCCCCCCCCC(=O)OP(=O)(O)OP(=O)(O)OP(=O)(O)O.[H-].[Na+]. The molecule has 0 aliphatic carbocycles. The van der Waals surface area contributed by atoms with Gasteiger partial charge in [-0.1, -0.05) is 58.3 Å². The van der Waals surface area contributed by atoms with Crippen LogP contribution in [-0.4, -0.2) is 25.5 Å². The summed E-state index contributed by atoms with van der Waals surface area (Å²) >= 11 is 0. The predicted molar refractivity (Wildman–Crippen MR) is 92.9 cm³/mol. The number of rotatable bonds is 15. The number of phosphoric acid groups is 3. The van der Waals surface area contributed by atoms with Gasteiger partial charge in [0.2, 0.25) is 0 Å². The van der Waals surface area contributed by atoms with Gasteiger partial charge in [0.15, 0.2) is 0 Å². The van der Waals surface area contributed by atoms with Crippen LogP contribution in [0.1, 0.15) is 72.6 Å². The molecule has 4 N–H and O–H groups in total. The normalized spacial score (nSPS) is 16.0. The summed E-state index contributed by atoms with van der Waals surface area (Å²) in [5.41, 5.74) is 0. The maximum atomic E-state index is 11.4. The van der Waals surface area contributed by atoms with Gasteiger partial charge in [0.25, 0.3) is 0 Å². The second kappa shape index (κ2) is 14.8. The molecule has 15 heteroatoms. The van der Waals surface area contributed by atoms with Crippen molar-refractivity contribution in [1.82, 2.24) is 0 Å². The molecule has 0 radical (unpaired) electrons. The second-order valence-electron chi connectivity index (χ2n) is 5.63. The first kappa shape index (κ1) is 30.1. The van der Waals surface area contributed by atoms with Crippen LogP contribution in [0.5, 0.6) is 0 Å². The van der Waals surface area contributed by atoms with Crippen molar-refractivity contribution in [2.24, 2.45) is 0 Å². The first-order valence-corrected chi connectivity index (χ1v) is 12.8. The van der Waals surface area contributed by atoms with Gasteiger partial charge >= 0.3 is 59.0 Å². The average Bonchev–Trinajstić information content (AvgIpc) is 2.40. The molecular weight excluding hydrogens is 436 g/mol. The quantitative estimate of drug-likeness (QED) is 0.154. The zero-order chi connectivity index (χ0) is 20.3. The molecule has 2 unspecified atom stereocenters. The standard InChI is InChI=1S/C12H27O11P3.Na.H/c1-2-3-4-5-6-7-8-9-10-11-12(13)21-25(17,18)23-26(19,20)22-24(14,15)16;;/h2-11H2,1H3,(H,17,18)(H,19,20)(H2,14,15,16);;/q;+1;-1. The van der Waals surface area contributed by atoms with Crippen molar-refractivity contribution in [2.75, 3.05) is 0 Å². The van der Waals surface area contributed by atoms with E-state index in [0.717, 1.165) is 19.3 Å². The van der Waals surface area contributed by atoms with E-state index >= 15 is 0 Å². The smallest absolute Gasteiger partial charge is 1.00 e. The van der Waals surface area contributed by atoms with Crippen LogP contribution >= 0.6 is 23.5 Å². The summed E-state index contributed by atoms with van der Waals surface area (Å²) in [5, 5.41) is 0. The molecule has 0 heterocycles. The fourth-order valence-corrected chi connectivity index (χ4v) is 5.04. The predicted octanol–water partition coefficient (Wildman–Crippen LogP) is 0.894. The molecule has 0 spiro atoms. The Bertz CT molecular complexity index is 571. The molecular formula is C12H28NaO11P3. The van der Waals surface area contributed by atoms with E-state index in [0.29, 0.717) is 12.8 Å². The molecule has 27 heavy (non-hydrogen) atoms. The number of phosphoric ester groups is 1. The Labute approximate surface area is 182 Å². The van der Waals surface area contributed by atoms with E-state index in [1.807, 2.05) is 0 Å². The fraction of sp³-hybridized carbons (Fsp3) is 0.917. The second-order valence-corrected chi connectivity index (χ2v) is 9.98. The van der Waals surface area contributed by atoms with Gasteiger partial charge in [0.05, 0.1) is 0 Å². The van der Waals surface area contributed by atoms with Gasteiger partial charge in [-0.15, -0.1) is 0 Å². The number of unbranched alkanes of at least 4 members (excludes halogenated alkanes) is 8. The van der Waals surface area contributed by atoms with Crippen molar-refractivity contribution in [1.29, 1.82) is 0 Å². The van der Waals surface area contributed by atoms with Crippen molar-refractivity contribution in [2.45, 2.75) is 71.1 Å². The zero-order valence-electron chi connectivity index (χ0n) is 16.6. The van der Waals surface area contributed by atoms with Gasteiger partial charge in [0.1, 0.15) is 0 Å². The van der Waals surface area contributed by atoms with Gasteiger partial charge in [-0.2, -0.15) is 8.62 Å². The van der Waals surface area contributed by atoms with Crippen LogP contribution in [0, 0.1) is 0 Å². The van der Waals surface area contributed by atoms with Crippen molar-refractivity contribution < 1.29 is 82.2 Å².